The molecule has 0 aliphatic heterocycles. The maximum Gasteiger partial charge on any atom is 0.150 e. The Bertz CT molecular complexity index is 557. The summed E-state index contributed by atoms with van der Waals surface area (Å²) < 4.78 is 18.7. The molecule has 0 saturated carbocycles. The van der Waals surface area contributed by atoms with Crippen molar-refractivity contribution in [3.05, 3.63) is 52.8 Å². The van der Waals surface area contributed by atoms with Crippen molar-refractivity contribution in [2.45, 2.75) is 6.92 Å². The standard InChI is InChI=1S/C13H11ClFNO/c1-8-2-5-12(16)13(6-8)17-9-3-4-10(14)11(15)7-9/h2-7H,16H2,1H3. The van der Waals surface area contributed by atoms with Crippen LogP contribution in [0.25, 0.3) is 0 Å². The van der Waals surface area contributed by atoms with Gasteiger partial charge in [-0.15, -0.1) is 0 Å². The highest BCUT2D eigenvalue weighted by atomic mass is 35.5. The maximum atomic E-state index is 13.2. The van der Waals surface area contributed by atoms with Gasteiger partial charge in [0, 0.05) is 6.07 Å². The molecule has 0 radical (unpaired) electrons. The van der Waals surface area contributed by atoms with Crippen LogP contribution >= 0.6 is 11.6 Å². The second kappa shape index (κ2) is 4.63. The lowest BCUT2D eigenvalue weighted by Gasteiger charge is -2.09. The second-order valence-electron chi connectivity index (χ2n) is 3.72. The summed E-state index contributed by atoms with van der Waals surface area (Å²) in [4.78, 5) is 0. The zero-order valence-electron chi connectivity index (χ0n) is 9.21. The van der Waals surface area contributed by atoms with Gasteiger partial charge in [0.05, 0.1) is 10.7 Å². The van der Waals surface area contributed by atoms with Gasteiger partial charge in [0.25, 0.3) is 0 Å². The van der Waals surface area contributed by atoms with Gasteiger partial charge in [-0.05, 0) is 36.8 Å². The summed E-state index contributed by atoms with van der Waals surface area (Å²) in [5.74, 6) is 0.353. The van der Waals surface area contributed by atoms with Gasteiger partial charge in [-0.2, -0.15) is 0 Å². The van der Waals surface area contributed by atoms with Crippen molar-refractivity contribution < 1.29 is 9.13 Å². The lowest BCUT2D eigenvalue weighted by atomic mass is 10.2. The third-order valence-electron chi connectivity index (χ3n) is 2.29. The molecule has 2 rings (SSSR count). The highest BCUT2D eigenvalue weighted by molar-refractivity contribution is 6.30. The van der Waals surface area contributed by atoms with E-state index in [4.69, 9.17) is 22.1 Å². The average Bonchev–Trinajstić information content (AvgIpc) is 2.29. The predicted octanol–water partition coefficient (Wildman–Crippen LogP) is 4.16. The molecule has 0 fully saturated rings. The number of benzene rings is 2. The first-order chi connectivity index (χ1) is 8.06. The van der Waals surface area contributed by atoms with Crippen LogP contribution in [0, 0.1) is 12.7 Å². The molecule has 0 aliphatic carbocycles. The fourth-order valence-corrected chi connectivity index (χ4v) is 1.51. The number of hydrogen-bond donors (Lipinski definition) is 1. The highest BCUT2D eigenvalue weighted by Crippen LogP contribution is 2.30. The first kappa shape index (κ1) is 11.7. The van der Waals surface area contributed by atoms with E-state index in [0.717, 1.165) is 5.56 Å². The fraction of sp³-hybridized carbons (Fsp3) is 0.0769. The minimum atomic E-state index is -0.518. The van der Waals surface area contributed by atoms with E-state index in [1.807, 2.05) is 13.0 Å². The predicted molar refractivity (Wildman–Crippen MR) is 67.1 cm³/mol. The van der Waals surface area contributed by atoms with Crippen LogP contribution in [0.1, 0.15) is 5.56 Å². The van der Waals surface area contributed by atoms with E-state index in [0.29, 0.717) is 17.2 Å². The van der Waals surface area contributed by atoms with E-state index in [1.165, 1.54) is 12.1 Å². The normalized spacial score (nSPS) is 10.3. The van der Waals surface area contributed by atoms with Crippen LogP contribution in [0.4, 0.5) is 10.1 Å². The number of halogens is 2. The van der Waals surface area contributed by atoms with E-state index in [1.54, 1.807) is 18.2 Å². The molecule has 0 amide bonds. The first-order valence-electron chi connectivity index (χ1n) is 5.05. The van der Waals surface area contributed by atoms with Crippen molar-refractivity contribution in [2.24, 2.45) is 0 Å². The quantitative estimate of drug-likeness (QED) is 0.814. The van der Waals surface area contributed by atoms with Crippen LogP contribution in [0.15, 0.2) is 36.4 Å². The molecule has 0 atom stereocenters. The van der Waals surface area contributed by atoms with Gasteiger partial charge < -0.3 is 10.5 Å². The van der Waals surface area contributed by atoms with E-state index in [2.05, 4.69) is 0 Å². The lowest BCUT2D eigenvalue weighted by molar-refractivity contribution is 0.478. The van der Waals surface area contributed by atoms with Gasteiger partial charge in [0.15, 0.2) is 5.75 Å². The fourth-order valence-electron chi connectivity index (χ4n) is 1.40. The Morgan fingerprint density at radius 2 is 1.94 bits per heavy atom. The van der Waals surface area contributed by atoms with Crippen LogP contribution in [0.5, 0.6) is 11.5 Å². The largest absolute Gasteiger partial charge is 0.455 e. The monoisotopic (exact) mass is 251 g/mol. The summed E-state index contributed by atoms with van der Waals surface area (Å²) >= 11 is 5.58. The van der Waals surface area contributed by atoms with Gasteiger partial charge in [-0.1, -0.05) is 17.7 Å². The lowest BCUT2D eigenvalue weighted by Crippen LogP contribution is -1.93. The zero-order chi connectivity index (χ0) is 12.4. The molecular weight excluding hydrogens is 241 g/mol. The van der Waals surface area contributed by atoms with Crippen LogP contribution in [-0.4, -0.2) is 0 Å². The Labute approximate surface area is 104 Å². The molecule has 2 N–H and O–H groups in total. The van der Waals surface area contributed by atoms with Crippen molar-refractivity contribution in [3.63, 3.8) is 0 Å². The van der Waals surface area contributed by atoms with Gasteiger partial charge in [0.2, 0.25) is 0 Å². The molecular formula is C13H11ClFNO. The Morgan fingerprint density at radius 3 is 2.65 bits per heavy atom. The van der Waals surface area contributed by atoms with Crippen molar-refractivity contribution in [2.75, 3.05) is 5.73 Å². The molecule has 2 nitrogen and oxygen atoms in total. The minimum Gasteiger partial charge on any atom is -0.455 e. The van der Waals surface area contributed by atoms with Gasteiger partial charge >= 0.3 is 0 Å². The molecule has 17 heavy (non-hydrogen) atoms. The summed E-state index contributed by atoms with van der Waals surface area (Å²) in [6, 6.07) is 9.68. The summed E-state index contributed by atoms with van der Waals surface area (Å²) in [7, 11) is 0. The number of hydrogen-bond acceptors (Lipinski definition) is 2. The SMILES string of the molecule is Cc1ccc(N)c(Oc2ccc(Cl)c(F)c2)c1. The average molecular weight is 252 g/mol. The summed E-state index contributed by atoms with van der Waals surface area (Å²) in [5, 5.41) is 0.0644. The second-order valence-corrected chi connectivity index (χ2v) is 4.13. The zero-order valence-corrected chi connectivity index (χ0v) is 9.96. The molecule has 4 heteroatoms. The molecule has 2 aromatic rings. The molecule has 88 valence electrons. The summed E-state index contributed by atoms with van der Waals surface area (Å²) in [6.07, 6.45) is 0. The molecule has 0 aromatic heterocycles. The van der Waals surface area contributed by atoms with Crippen LogP contribution in [0.2, 0.25) is 5.02 Å². The van der Waals surface area contributed by atoms with Crippen LogP contribution in [-0.2, 0) is 0 Å². The Balaban J connectivity index is 2.31. The van der Waals surface area contributed by atoms with Crippen molar-refractivity contribution in [1.82, 2.24) is 0 Å². The molecule has 0 aliphatic rings. The summed E-state index contributed by atoms with van der Waals surface area (Å²) in [6.45, 7) is 1.93. The number of anilines is 1. The molecule has 0 heterocycles. The smallest absolute Gasteiger partial charge is 0.150 e. The van der Waals surface area contributed by atoms with E-state index >= 15 is 0 Å². The van der Waals surface area contributed by atoms with Crippen molar-refractivity contribution in [1.29, 1.82) is 0 Å². The number of aryl methyl sites for hydroxylation is 1. The maximum absolute atomic E-state index is 13.2. The summed E-state index contributed by atoms with van der Waals surface area (Å²) in [5.41, 5.74) is 7.28. The number of rotatable bonds is 2. The van der Waals surface area contributed by atoms with E-state index in [-0.39, 0.29) is 5.02 Å². The van der Waals surface area contributed by atoms with Crippen molar-refractivity contribution in [3.8, 4) is 11.5 Å². The Kier molecular flexibility index (Phi) is 3.20. The molecule has 0 spiro atoms. The van der Waals surface area contributed by atoms with E-state index in [9.17, 15) is 4.39 Å². The molecule has 0 unspecified atom stereocenters. The molecule has 0 bridgehead atoms. The molecule has 2 aromatic carbocycles. The highest BCUT2D eigenvalue weighted by Gasteiger charge is 2.05. The number of nitrogens with two attached hydrogens (primary N) is 1. The molecule has 0 saturated heterocycles. The van der Waals surface area contributed by atoms with E-state index < -0.39 is 5.82 Å². The Morgan fingerprint density at radius 1 is 1.18 bits per heavy atom. The third-order valence-corrected chi connectivity index (χ3v) is 2.59. The van der Waals surface area contributed by atoms with Crippen LogP contribution in [0.3, 0.4) is 0 Å². The van der Waals surface area contributed by atoms with Crippen LogP contribution < -0.4 is 10.5 Å². The topological polar surface area (TPSA) is 35.2 Å². The van der Waals surface area contributed by atoms with Gasteiger partial charge in [0.1, 0.15) is 11.6 Å². The van der Waals surface area contributed by atoms with Gasteiger partial charge in [-0.3, -0.25) is 0 Å². The first-order valence-corrected chi connectivity index (χ1v) is 5.43. The van der Waals surface area contributed by atoms with Crippen molar-refractivity contribution >= 4 is 17.3 Å². The minimum absolute atomic E-state index is 0.0644. The third kappa shape index (κ3) is 2.68. The number of ether oxygens (including phenoxy) is 1. The van der Waals surface area contributed by atoms with Gasteiger partial charge in [-0.25, -0.2) is 4.39 Å². The Hall–Kier alpha value is -1.74. The number of nitrogen functional groups attached to an aromatic ring is 1.